The molecule has 23 heavy (non-hydrogen) atoms. The molecule has 0 aromatic heterocycles. The molecule has 0 spiro atoms. The van der Waals surface area contributed by atoms with Crippen molar-refractivity contribution in [3.63, 3.8) is 0 Å². The van der Waals surface area contributed by atoms with E-state index in [0.29, 0.717) is 11.5 Å². The summed E-state index contributed by atoms with van der Waals surface area (Å²) in [5.74, 6) is 0.782. The number of aryl methyl sites for hydroxylation is 1. The van der Waals surface area contributed by atoms with Crippen LogP contribution in [0.5, 0.6) is 5.75 Å². The summed E-state index contributed by atoms with van der Waals surface area (Å²) in [5, 5.41) is 2.91. The summed E-state index contributed by atoms with van der Waals surface area (Å²) in [6.45, 7) is 10.1. The molecule has 1 aliphatic carbocycles. The second-order valence-electron chi connectivity index (χ2n) is 8.43. The molecule has 4 heteroatoms. The maximum absolute atomic E-state index is 12.5. The van der Waals surface area contributed by atoms with Crippen LogP contribution in [0.4, 0.5) is 4.79 Å². The van der Waals surface area contributed by atoms with E-state index in [1.165, 1.54) is 12.0 Å². The van der Waals surface area contributed by atoms with Gasteiger partial charge >= 0.3 is 6.03 Å². The van der Waals surface area contributed by atoms with Crippen LogP contribution in [0.2, 0.25) is 0 Å². The molecule has 1 saturated heterocycles. The van der Waals surface area contributed by atoms with Crippen molar-refractivity contribution in [2.24, 2.45) is 10.8 Å². The van der Waals surface area contributed by atoms with Crippen molar-refractivity contribution in [2.75, 3.05) is 13.3 Å². The first kappa shape index (κ1) is 16.2. The van der Waals surface area contributed by atoms with E-state index in [9.17, 15) is 4.79 Å². The van der Waals surface area contributed by atoms with Gasteiger partial charge in [0.25, 0.3) is 0 Å². The van der Waals surface area contributed by atoms with Gasteiger partial charge in [-0.1, -0.05) is 38.5 Å². The van der Waals surface area contributed by atoms with E-state index in [0.717, 1.165) is 25.1 Å². The molecule has 0 radical (unpaired) electrons. The molecule has 1 heterocycles. The predicted octanol–water partition coefficient (Wildman–Crippen LogP) is 3.94. The number of ether oxygens (including phenoxy) is 1. The lowest BCUT2D eigenvalue weighted by molar-refractivity contribution is 0.128. The summed E-state index contributed by atoms with van der Waals surface area (Å²) in [6.07, 6.45) is 3.41. The van der Waals surface area contributed by atoms with Crippen LogP contribution in [0.1, 0.15) is 45.6 Å². The van der Waals surface area contributed by atoms with Crippen molar-refractivity contribution in [1.82, 2.24) is 10.2 Å². The van der Waals surface area contributed by atoms with Gasteiger partial charge in [0, 0.05) is 12.6 Å². The molecule has 2 fully saturated rings. The number of hydrogen-bond acceptors (Lipinski definition) is 2. The number of carbonyl (C=O) groups excluding carboxylic acids is 1. The summed E-state index contributed by atoms with van der Waals surface area (Å²) in [5.41, 5.74) is 1.79. The highest BCUT2D eigenvalue weighted by atomic mass is 16.5. The SMILES string of the molecule is Cc1ccc(OCNC(=O)N2CC3(C)CC2CC(C)(C)C3)cc1. The van der Waals surface area contributed by atoms with Crippen LogP contribution in [-0.4, -0.2) is 30.2 Å². The number of carbonyl (C=O) groups is 1. The van der Waals surface area contributed by atoms with Crippen LogP contribution < -0.4 is 10.1 Å². The fourth-order valence-electron chi connectivity index (χ4n) is 4.61. The summed E-state index contributed by atoms with van der Waals surface area (Å²) < 4.78 is 5.61. The van der Waals surface area contributed by atoms with Gasteiger partial charge < -0.3 is 15.0 Å². The molecule has 126 valence electrons. The third kappa shape index (κ3) is 3.62. The summed E-state index contributed by atoms with van der Waals surface area (Å²) >= 11 is 0. The van der Waals surface area contributed by atoms with Gasteiger partial charge in [-0.25, -0.2) is 4.79 Å². The molecule has 1 N–H and O–H groups in total. The minimum atomic E-state index is 0.00327. The van der Waals surface area contributed by atoms with E-state index in [-0.39, 0.29) is 18.2 Å². The Balaban J connectivity index is 1.54. The van der Waals surface area contributed by atoms with Crippen LogP contribution in [0.15, 0.2) is 24.3 Å². The van der Waals surface area contributed by atoms with E-state index >= 15 is 0 Å². The molecule has 1 saturated carbocycles. The standard InChI is InChI=1S/C19H28N2O2/c1-14-5-7-16(8-6-14)23-13-20-17(22)21-12-19(4)10-15(21)9-18(2,3)11-19/h5-8,15H,9-13H2,1-4H3,(H,20,22). The van der Waals surface area contributed by atoms with Crippen molar-refractivity contribution in [2.45, 2.75) is 53.0 Å². The highest BCUT2D eigenvalue weighted by Gasteiger charge is 2.50. The number of urea groups is 1. The molecule has 3 rings (SSSR count). The zero-order chi connectivity index (χ0) is 16.7. The van der Waals surface area contributed by atoms with E-state index in [1.54, 1.807) is 0 Å². The highest BCUT2D eigenvalue weighted by molar-refractivity contribution is 5.75. The lowest BCUT2D eigenvalue weighted by Crippen LogP contribution is -2.44. The maximum Gasteiger partial charge on any atom is 0.320 e. The predicted molar refractivity (Wildman–Crippen MR) is 91.4 cm³/mol. The van der Waals surface area contributed by atoms with Crippen LogP contribution in [0.25, 0.3) is 0 Å². The Kier molecular flexibility index (Phi) is 4.03. The Morgan fingerprint density at radius 3 is 2.65 bits per heavy atom. The van der Waals surface area contributed by atoms with Gasteiger partial charge in [-0.15, -0.1) is 0 Å². The van der Waals surface area contributed by atoms with Crippen molar-refractivity contribution in [3.8, 4) is 5.75 Å². The fraction of sp³-hybridized carbons (Fsp3) is 0.632. The molecule has 4 nitrogen and oxygen atoms in total. The number of likely N-dealkylation sites (tertiary alicyclic amines) is 1. The quantitative estimate of drug-likeness (QED) is 0.858. The Morgan fingerprint density at radius 1 is 1.26 bits per heavy atom. The smallest absolute Gasteiger partial charge is 0.320 e. The molecule has 2 unspecified atom stereocenters. The monoisotopic (exact) mass is 316 g/mol. The molecular formula is C19H28N2O2. The minimum Gasteiger partial charge on any atom is -0.473 e. The molecule has 2 atom stereocenters. The molecule has 1 aliphatic heterocycles. The number of benzene rings is 1. The Morgan fingerprint density at radius 2 is 1.96 bits per heavy atom. The molecule has 1 aromatic carbocycles. The number of fused-ring (bicyclic) bond motifs is 2. The molecule has 1 aromatic rings. The normalized spacial score (nSPS) is 28.5. The summed E-state index contributed by atoms with van der Waals surface area (Å²) in [6, 6.07) is 8.22. The van der Waals surface area contributed by atoms with Gasteiger partial charge in [0.2, 0.25) is 0 Å². The van der Waals surface area contributed by atoms with Crippen LogP contribution in [0, 0.1) is 17.8 Å². The zero-order valence-electron chi connectivity index (χ0n) is 14.7. The summed E-state index contributed by atoms with van der Waals surface area (Å²) in [7, 11) is 0. The third-order valence-electron chi connectivity index (χ3n) is 5.16. The summed E-state index contributed by atoms with van der Waals surface area (Å²) in [4.78, 5) is 14.5. The van der Waals surface area contributed by atoms with E-state index in [2.05, 4.69) is 26.1 Å². The van der Waals surface area contributed by atoms with Crippen molar-refractivity contribution in [1.29, 1.82) is 0 Å². The van der Waals surface area contributed by atoms with Crippen LogP contribution >= 0.6 is 0 Å². The van der Waals surface area contributed by atoms with Crippen molar-refractivity contribution < 1.29 is 9.53 Å². The molecule has 2 amide bonds. The second kappa shape index (κ2) is 5.73. The van der Waals surface area contributed by atoms with Gasteiger partial charge in [-0.3, -0.25) is 0 Å². The lowest BCUT2D eigenvalue weighted by Gasteiger charge is -2.39. The molecule has 2 bridgehead atoms. The minimum absolute atomic E-state index is 0.00327. The van der Waals surface area contributed by atoms with Gasteiger partial charge in [-0.2, -0.15) is 0 Å². The van der Waals surface area contributed by atoms with E-state index in [1.807, 2.05) is 36.1 Å². The van der Waals surface area contributed by atoms with Gasteiger partial charge in [0.1, 0.15) is 5.75 Å². The first-order valence-electron chi connectivity index (χ1n) is 8.50. The van der Waals surface area contributed by atoms with Gasteiger partial charge in [0.15, 0.2) is 6.73 Å². The number of hydrogen-bond donors (Lipinski definition) is 1. The zero-order valence-corrected chi connectivity index (χ0v) is 14.7. The van der Waals surface area contributed by atoms with Gasteiger partial charge in [-0.05, 0) is 49.1 Å². The van der Waals surface area contributed by atoms with Crippen LogP contribution in [0.3, 0.4) is 0 Å². The Bertz CT molecular complexity index is 582. The van der Waals surface area contributed by atoms with Crippen molar-refractivity contribution >= 4 is 6.03 Å². The number of rotatable bonds is 3. The van der Waals surface area contributed by atoms with E-state index < -0.39 is 0 Å². The second-order valence-corrected chi connectivity index (χ2v) is 8.43. The molecule has 2 aliphatic rings. The fourth-order valence-corrected chi connectivity index (χ4v) is 4.61. The molecular weight excluding hydrogens is 288 g/mol. The first-order chi connectivity index (χ1) is 10.8. The van der Waals surface area contributed by atoms with E-state index in [4.69, 9.17) is 4.74 Å². The lowest BCUT2D eigenvalue weighted by atomic mass is 9.65. The van der Waals surface area contributed by atoms with Crippen molar-refractivity contribution in [3.05, 3.63) is 29.8 Å². The van der Waals surface area contributed by atoms with Gasteiger partial charge in [0.05, 0.1) is 0 Å². The Hall–Kier alpha value is -1.71. The number of nitrogens with one attached hydrogen (secondary N) is 1. The number of nitrogens with zero attached hydrogens (tertiary/aromatic N) is 1. The third-order valence-corrected chi connectivity index (χ3v) is 5.16. The topological polar surface area (TPSA) is 41.6 Å². The highest BCUT2D eigenvalue weighted by Crippen LogP contribution is 2.52. The average molecular weight is 316 g/mol. The first-order valence-corrected chi connectivity index (χ1v) is 8.50. The van der Waals surface area contributed by atoms with Crippen LogP contribution in [-0.2, 0) is 0 Å². The number of amides is 2. The largest absolute Gasteiger partial charge is 0.473 e. The Labute approximate surface area is 139 Å². The average Bonchev–Trinajstić information content (AvgIpc) is 2.70. The maximum atomic E-state index is 12.5.